The van der Waals surface area contributed by atoms with Gasteiger partial charge >= 0.3 is 0 Å². The van der Waals surface area contributed by atoms with Gasteiger partial charge in [-0.2, -0.15) is 11.8 Å². The van der Waals surface area contributed by atoms with Crippen molar-refractivity contribution in [3.05, 3.63) is 0 Å². The lowest BCUT2D eigenvalue weighted by molar-refractivity contribution is 0.453. The van der Waals surface area contributed by atoms with Crippen molar-refractivity contribution in [2.75, 3.05) is 24.6 Å². The molecule has 1 unspecified atom stereocenters. The second-order valence-corrected chi connectivity index (χ2v) is 6.02. The molecule has 1 heterocycles. The normalized spacial score (nSPS) is 29.6. The van der Waals surface area contributed by atoms with Crippen LogP contribution in [0.3, 0.4) is 0 Å². The van der Waals surface area contributed by atoms with Crippen molar-refractivity contribution in [3.63, 3.8) is 0 Å². The molecule has 1 atom stereocenters. The van der Waals surface area contributed by atoms with Gasteiger partial charge in [-0.3, -0.25) is 0 Å². The fourth-order valence-corrected chi connectivity index (χ4v) is 2.60. The van der Waals surface area contributed by atoms with Crippen LogP contribution >= 0.6 is 35.7 Å². The van der Waals surface area contributed by atoms with Gasteiger partial charge in [0.2, 0.25) is 0 Å². The van der Waals surface area contributed by atoms with E-state index in [1.165, 1.54) is 17.9 Å². The van der Waals surface area contributed by atoms with E-state index in [-0.39, 0.29) is 24.0 Å². The quantitative estimate of drug-likeness (QED) is 0.449. The van der Waals surface area contributed by atoms with E-state index < -0.39 is 0 Å². The topological polar surface area (TPSA) is 41.6 Å². The number of hydrogen-bond acceptors (Lipinski definition) is 2. The van der Waals surface area contributed by atoms with E-state index >= 15 is 0 Å². The summed E-state index contributed by atoms with van der Waals surface area (Å²) < 4.78 is 0. The van der Waals surface area contributed by atoms with Crippen molar-refractivity contribution < 1.29 is 0 Å². The fourth-order valence-electron chi connectivity index (χ4n) is 1.69. The standard InChI is InChI=1S/C10H19N3S.HI/c1-10(2)7-8(10)12-9(11)13-3-5-14-6-4-13;/h8H,3-7H2,1-2H3,(H2,11,12);1H. The number of hydrogen-bond donors (Lipinski definition) is 1. The van der Waals surface area contributed by atoms with Crippen molar-refractivity contribution in [3.8, 4) is 0 Å². The molecule has 15 heavy (non-hydrogen) atoms. The van der Waals surface area contributed by atoms with Gasteiger partial charge in [-0.1, -0.05) is 13.8 Å². The summed E-state index contributed by atoms with van der Waals surface area (Å²) in [6, 6.07) is 0.470. The Hall–Kier alpha value is 0.350. The maximum absolute atomic E-state index is 5.98. The van der Waals surface area contributed by atoms with Crippen molar-refractivity contribution in [1.82, 2.24) is 4.90 Å². The third-order valence-corrected chi connectivity index (χ3v) is 4.03. The largest absolute Gasteiger partial charge is 0.370 e. The Bertz CT molecular complexity index is 249. The fraction of sp³-hybridized carbons (Fsp3) is 0.900. The molecular weight excluding hydrogens is 321 g/mol. The lowest BCUT2D eigenvalue weighted by Gasteiger charge is -2.27. The highest BCUT2D eigenvalue weighted by Gasteiger charge is 2.46. The van der Waals surface area contributed by atoms with Crippen LogP contribution in [0.15, 0.2) is 4.99 Å². The lowest BCUT2D eigenvalue weighted by atomic mass is 10.2. The SMILES string of the molecule is CC1(C)CC1N=C(N)N1CCSCC1.I. The third kappa shape index (κ3) is 3.41. The minimum atomic E-state index is 0. The number of rotatable bonds is 1. The molecule has 3 nitrogen and oxygen atoms in total. The summed E-state index contributed by atoms with van der Waals surface area (Å²) >= 11 is 2.00. The van der Waals surface area contributed by atoms with Crippen molar-refractivity contribution >= 4 is 41.7 Å². The van der Waals surface area contributed by atoms with Gasteiger partial charge in [0.05, 0.1) is 6.04 Å². The molecule has 0 aromatic heterocycles. The van der Waals surface area contributed by atoms with Crippen LogP contribution < -0.4 is 5.73 Å². The molecule has 0 radical (unpaired) electrons. The molecule has 1 saturated heterocycles. The van der Waals surface area contributed by atoms with E-state index in [0.29, 0.717) is 11.5 Å². The first-order valence-corrected chi connectivity index (χ1v) is 6.41. The number of halogens is 1. The van der Waals surface area contributed by atoms with Crippen LogP contribution in [0.2, 0.25) is 0 Å². The summed E-state index contributed by atoms with van der Waals surface area (Å²) in [6.45, 7) is 6.63. The van der Waals surface area contributed by atoms with Gasteiger partial charge in [-0.15, -0.1) is 24.0 Å². The molecule has 0 aromatic carbocycles. The molecule has 1 aliphatic heterocycles. The van der Waals surface area contributed by atoms with E-state index in [1.54, 1.807) is 0 Å². The molecular formula is C10H20IN3S. The molecule has 0 amide bonds. The van der Waals surface area contributed by atoms with Gasteiger partial charge < -0.3 is 10.6 Å². The van der Waals surface area contributed by atoms with Gasteiger partial charge in [0.1, 0.15) is 0 Å². The lowest BCUT2D eigenvalue weighted by Crippen LogP contribution is -2.42. The Balaban J connectivity index is 0.00000112. The second-order valence-electron chi connectivity index (χ2n) is 4.80. The van der Waals surface area contributed by atoms with Crippen LogP contribution in [0, 0.1) is 5.41 Å². The molecule has 1 aliphatic carbocycles. The average Bonchev–Trinajstić information content (AvgIpc) is 2.75. The number of nitrogens with zero attached hydrogens (tertiary/aromatic N) is 2. The Labute approximate surface area is 113 Å². The van der Waals surface area contributed by atoms with Crippen LogP contribution in [0.4, 0.5) is 0 Å². The van der Waals surface area contributed by atoms with Gasteiger partial charge in [0.15, 0.2) is 5.96 Å². The summed E-state index contributed by atoms with van der Waals surface area (Å²) in [5.74, 6) is 3.13. The Morgan fingerprint density at radius 2 is 1.93 bits per heavy atom. The zero-order valence-corrected chi connectivity index (χ0v) is 12.5. The van der Waals surface area contributed by atoms with E-state index in [1.807, 2.05) is 11.8 Å². The van der Waals surface area contributed by atoms with Crippen molar-refractivity contribution in [2.45, 2.75) is 26.3 Å². The third-order valence-electron chi connectivity index (χ3n) is 3.08. The zero-order chi connectivity index (χ0) is 10.2. The molecule has 2 rings (SSSR count). The van der Waals surface area contributed by atoms with E-state index in [9.17, 15) is 0 Å². The van der Waals surface area contributed by atoms with Gasteiger partial charge in [-0.05, 0) is 11.8 Å². The first-order valence-electron chi connectivity index (χ1n) is 5.25. The van der Waals surface area contributed by atoms with Gasteiger partial charge in [0.25, 0.3) is 0 Å². The molecule has 0 spiro atoms. The Morgan fingerprint density at radius 3 is 2.40 bits per heavy atom. The maximum atomic E-state index is 5.98. The molecule has 5 heteroatoms. The van der Waals surface area contributed by atoms with Crippen molar-refractivity contribution in [2.24, 2.45) is 16.1 Å². The summed E-state index contributed by atoms with van der Waals surface area (Å²) in [7, 11) is 0. The molecule has 88 valence electrons. The summed E-state index contributed by atoms with van der Waals surface area (Å²) in [5, 5.41) is 0. The number of thioether (sulfide) groups is 1. The molecule has 2 aliphatic rings. The number of guanidine groups is 1. The first kappa shape index (κ1) is 13.4. The first-order chi connectivity index (χ1) is 6.59. The maximum Gasteiger partial charge on any atom is 0.191 e. The Morgan fingerprint density at radius 1 is 1.40 bits per heavy atom. The number of aliphatic imine (C=N–C) groups is 1. The van der Waals surface area contributed by atoms with Crippen LogP contribution in [0.1, 0.15) is 20.3 Å². The summed E-state index contributed by atoms with van der Waals surface area (Å²) in [5.41, 5.74) is 6.38. The van der Waals surface area contributed by atoms with Crippen LogP contribution in [0.5, 0.6) is 0 Å². The summed E-state index contributed by atoms with van der Waals surface area (Å²) in [6.07, 6.45) is 1.19. The zero-order valence-electron chi connectivity index (χ0n) is 9.40. The molecule has 2 fully saturated rings. The number of nitrogens with two attached hydrogens (primary N) is 1. The minimum absolute atomic E-state index is 0. The average molecular weight is 341 g/mol. The Kier molecular flexibility index (Phi) is 4.58. The summed E-state index contributed by atoms with van der Waals surface area (Å²) in [4.78, 5) is 6.79. The van der Waals surface area contributed by atoms with Crippen LogP contribution in [-0.4, -0.2) is 41.5 Å². The molecule has 0 aromatic rings. The highest BCUT2D eigenvalue weighted by molar-refractivity contribution is 14.0. The molecule has 1 saturated carbocycles. The smallest absolute Gasteiger partial charge is 0.191 e. The van der Waals surface area contributed by atoms with Crippen LogP contribution in [-0.2, 0) is 0 Å². The molecule has 0 bridgehead atoms. The van der Waals surface area contributed by atoms with Gasteiger partial charge in [0, 0.05) is 24.6 Å². The minimum Gasteiger partial charge on any atom is -0.370 e. The van der Waals surface area contributed by atoms with E-state index in [2.05, 4.69) is 23.7 Å². The highest BCUT2D eigenvalue weighted by Crippen LogP contribution is 2.47. The van der Waals surface area contributed by atoms with Gasteiger partial charge in [-0.25, -0.2) is 4.99 Å². The van der Waals surface area contributed by atoms with Crippen LogP contribution in [0.25, 0.3) is 0 Å². The predicted octanol–water partition coefficient (Wildman–Crippen LogP) is 1.77. The van der Waals surface area contributed by atoms with E-state index in [4.69, 9.17) is 5.73 Å². The predicted molar refractivity (Wildman–Crippen MR) is 78.1 cm³/mol. The second kappa shape index (κ2) is 5.12. The molecule has 2 N–H and O–H groups in total. The van der Waals surface area contributed by atoms with E-state index in [0.717, 1.165) is 19.0 Å². The monoisotopic (exact) mass is 341 g/mol. The highest BCUT2D eigenvalue weighted by atomic mass is 127. The van der Waals surface area contributed by atoms with Crippen molar-refractivity contribution in [1.29, 1.82) is 0 Å².